The van der Waals surface area contributed by atoms with Crippen molar-refractivity contribution in [1.29, 1.82) is 0 Å². The van der Waals surface area contributed by atoms with Crippen LogP contribution in [0.3, 0.4) is 0 Å². The lowest BCUT2D eigenvalue weighted by molar-refractivity contribution is -0.384. The number of aromatic nitrogens is 1. The van der Waals surface area contributed by atoms with Gasteiger partial charge in [-0.1, -0.05) is 0 Å². The summed E-state index contributed by atoms with van der Waals surface area (Å²) in [7, 11) is 1.51. The zero-order valence-corrected chi connectivity index (χ0v) is 17.9. The van der Waals surface area contributed by atoms with Gasteiger partial charge in [0.2, 0.25) is 0 Å². The van der Waals surface area contributed by atoms with Crippen LogP contribution in [-0.2, 0) is 6.61 Å². The maximum Gasteiger partial charge on any atom is 0.272 e. The summed E-state index contributed by atoms with van der Waals surface area (Å²) in [5, 5.41) is 14.7. The lowest BCUT2D eigenvalue weighted by Crippen LogP contribution is -2.17. The molecule has 1 aromatic heterocycles. The van der Waals surface area contributed by atoms with E-state index in [2.05, 4.69) is 31.4 Å². The average Bonchev–Trinajstić information content (AvgIpc) is 2.78. The largest absolute Gasteiger partial charge is 0.493 e. The topological polar surface area (TPSA) is 116 Å². The van der Waals surface area contributed by atoms with Gasteiger partial charge < -0.3 is 9.47 Å². The molecule has 0 aliphatic heterocycles. The number of benzene rings is 2. The minimum atomic E-state index is -0.455. The van der Waals surface area contributed by atoms with Gasteiger partial charge in [0, 0.05) is 24.5 Å². The van der Waals surface area contributed by atoms with Gasteiger partial charge in [-0.05, 0) is 63.5 Å². The minimum absolute atomic E-state index is 0.0155. The smallest absolute Gasteiger partial charge is 0.272 e. The van der Waals surface area contributed by atoms with E-state index in [1.165, 1.54) is 31.7 Å². The van der Waals surface area contributed by atoms with Crippen molar-refractivity contribution in [1.82, 2.24) is 10.4 Å². The van der Waals surface area contributed by atoms with Crippen LogP contribution in [0.5, 0.6) is 11.5 Å². The van der Waals surface area contributed by atoms with Gasteiger partial charge in [0.1, 0.15) is 6.61 Å². The molecule has 0 aliphatic carbocycles. The molecular formula is C21H17BrN4O5. The van der Waals surface area contributed by atoms with Crippen molar-refractivity contribution in [3.05, 3.63) is 92.2 Å². The molecule has 3 aromatic rings. The zero-order valence-electron chi connectivity index (χ0n) is 16.3. The third-order valence-corrected chi connectivity index (χ3v) is 4.67. The second kappa shape index (κ2) is 10.3. The predicted octanol–water partition coefficient (Wildman–Crippen LogP) is 4.10. The van der Waals surface area contributed by atoms with E-state index in [0.29, 0.717) is 27.1 Å². The van der Waals surface area contributed by atoms with Crippen LogP contribution in [0.4, 0.5) is 5.69 Å². The molecule has 9 nitrogen and oxygen atoms in total. The van der Waals surface area contributed by atoms with Crippen molar-refractivity contribution in [2.45, 2.75) is 6.61 Å². The average molecular weight is 485 g/mol. The normalized spacial score (nSPS) is 10.6. The number of amides is 1. The van der Waals surface area contributed by atoms with Gasteiger partial charge in [0.15, 0.2) is 11.5 Å². The van der Waals surface area contributed by atoms with Crippen LogP contribution < -0.4 is 14.9 Å². The molecule has 0 saturated carbocycles. The second-order valence-corrected chi connectivity index (χ2v) is 7.04. The first-order valence-corrected chi connectivity index (χ1v) is 9.74. The van der Waals surface area contributed by atoms with Crippen molar-refractivity contribution < 1.29 is 19.2 Å². The number of nitro groups is 1. The van der Waals surface area contributed by atoms with E-state index in [0.717, 1.165) is 5.56 Å². The minimum Gasteiger partial charge on any atom is -0.493 e. The molecule has 0 fully saturated rings. The van der Waals surface area contributed by atoms with Gasteiger partial charge in [-0.3, -0.25) is 19.9 Å². The third-order valence-electron chi connectivity index (χ3n) is 4.09. The van der Waals surface area contributed by atoms with E-state index in [1.54, 1.807) is 42.6 Å². The molecule has 0 saturated heterocycles. The van der Waals surface area contributed by atoms with E-state index >= 15 is 0 Å². The van der Waals surface area contributed by atoms with Crippen LogP contribution in [-0.4, -0.2) is 29.1 Å². The van der Waals surface area contributed by atoms with E-state index in [9.17, 15) is 14.9 Å². The summed E-state index contributed by atoms with van der Waals surface area (Å²) in [6.45, 7) is 0.196. The molecular weight excluding hydrogens is 468 g/mol. The van der Waals surface area contributed by atoms with Crippen molar-refractivity contribution in [3.8, 4) is 11.5 Å². The molecule has 0 aliphatic rings. The quantitative estimate of drug-likeness (QED) is 0.292. The number of carbonyl (C=O) groups is 1. The number of rotatable bonds is 8. The Morgan fingerprint density at radius 3 is 2.71 bits per heavy atom. The second-order valence-electron chi connectivity index (χ2n) is 6.19. The maximum atomic E-state index is 12.0. The summed E-state index contributed by atoms with van der Waals surface area (Å²) < 4.78 is 11.9. The monoisotopic (exact) mass is 484 g/mol. The van der Waals surface area contributed by atoms with Gasteiger partial charge in [-0.2, -0.15) is 5.10 Å². The molecule has 1 heterocycles. The Hall–Kier alpha value is -3.79. The van der Waals surface area contributed by atoms with Gasteiger partial charge in [0.05, 0.1) is 28.3 Å². The fourth-order valence-electron chi connectivity index (χ4n) is 2.55. The maximum absolute atomic E-state index is 12.0. The van der Waals surface area contributed by atoms with Gasteiger partial charge in [-0.25, -0.2) is 5.43 Å². The number of non-ortho nitro benzene ring substituents is 1. The fraction of sp³-hybridized carbons (Fsp3) is 0.0952. The van der Waals surface area contributed by atoms with E-state index < -0.39 is 4.92 Å². The Balaban J connectivity index is 1.68. The summed E-state index contributed by atoms with van der Waals surface area (Å²) in [4.78, 5) is 26.2. The highest BCUT2D eigenvalue weighted by Crippen LogP contribution is 2.37. The highest BCUT2D eigenvalue weighted by atomic mass is 79.9. The number of nitrogens with one attached hydrogen (secondary N) is 1. The lowest BCUT2D eigenvalue weighted by atomic mass is 10.2. The molecule has 0 spiro atoms. The molecule has 0 atom stereocenters. The Morgan fingerprint density at radius 1 is 1.29 bits per heavy atom. The molecule has 1 N–H and O–H groups in total. The molecule has 2 aromatic carbocycles. The molecule has 31 heavy (non-hydrogen) atoms. The molecule has 0 radical (unpaired) electrons. The third kappa shape index (κ3) is 5.86. The van der Waals surface area contributed by atoms with Crippen LogP contribution in [0, 0.1) is 10.1 Å². The molecule has 1 amide bonds. The summed E-state index contributed by atoms with van der Waals surface area (Å²) in [6.07, 6.45) is 4.50. The van der Waals surface area contributed by atoms with Gasteiger partial charge >= 0.3 is 0 Å². The van der Waals surface area contributed by atoms with Crippen molar-refractivity contribution in [2.75, 3.05) is 7.11 Å². The van der Waals surface area contributed by atoms with Crippen molar-refractivity contribution >= 4 is 33.7 Å². The summed E-state index contributed by atoms with van der Waals surface area (Å²) >= 11 is 3.45. The molecule has 0 bridgehead atoms. The number of nitrogens with zero attached hydrogens (tertiary/aromatic N) is 3. The number of hydrazone groups is 1. The van der Waals surface area contributed by atoms with E-state index in [4.69, 9.17) is 9.47 Å². The van der Waals surface area contributed by atoms with Gasteiger partial charge in [0.25, 0.3) is 11.6 Å². The number of carbonyl (C=O) groups excluding carboxylic acids is 1. The molecule has 10 heteroatoms. The lowest BCUT2D eigenvalue weighted by Gasteiger charge is -2.13. The summed E-state index contributed by atoms with van der Waals surface area (Å²) in [6, 6.07) is 12.9. The van der Waals surface area contributed by atoms with Crippen LogP contribution in [0.2, 0.25) is 0 Å². The first-order chi connectivity index (χ1) is 15.0. The van der Waals surface area contributed by atoms with Crippen LogP contribution >= 0.6 is 15.9 Å². The van der Waals surface area contributed by atoms with Crippen LogP contribution in [0.1, 0.15) is 21.5 Å². The SMILES string of the molecule is COc1cc(/C=N/NC(=O)c2cccnc2)cc(Br)c1OCc1ccc([N+](=O)[O-])cc1. The van der Waals surface area contributed by atoms with E-state index in [-0.39, 0.29) is 18.2 Å². The van der Waals surface area contributed by atoms with Gasteiger partial charge in [-0.15, -0.1) is 0 Å². The fourth-order valence-corrected chi connectivity index (χ4v) is 3.13. The Kier molecular flexibility index (Phi) is 7.28. The number of nitro benzene ring substituents is 1. The Bertz CT molecular complexity index is 1100. The van der Waals surface area contributed by atoms with Crippen molar-refractivity contribution in [3.63, 3.8) is 0 Å². The zero-order chi connectivity index (χ0) is 22.2. The number of ether oxygens (including phenoxy) is 2. The number of hydrogen-bond acceptors (Lipinski definition) is 7. The number of methoxy groups -OCH3 is 1. The predicted molar refractivity (Wildman–Crippen MR) is 117 cm³/mol. The highest BCUT2D eigenvalue weighted by Gasteiger charge is 2.12. The molecule has 158 valence electrons. The number of halogens is 1. The summed E-state index contributed by atoms with van der Waals surface area (Å²) in [5.74, 6) is 0.548. The molecule has 3 rings (SSSR count). The first-order valence-electron chi connectivity index (χ1n) is 8.95. The summed E-state index contributed by atoms with van der Waals surface area (Å²) in [5.41, 5.74) is 4.28. The standard InChI is InChI=1S/C21H17BrN4O5/c1-30-19-10-15(11-24-25-21(27)16-3-2-8-23-12-16)9-18(22)20(19)31-13-14-4-6-17(7-5-14)26(28)29/h2-12H,13H2,1H3,(H,25,27)/b24-11+. The number of pyridine rings is 1. The Labute approximate surface area is 186 Å². The first kappa shape index (κ1) is 21.9. The molecule has 0 unspecified atom stereocenters. The highest BCUT2D eigenvalue weighted by molar-refractivity contribution is 9.10. The van der Waals surface area contributed by atoms with E-state index in [1.807, 2.05) is 0 Å². The van der Waals surface area contributed by atoms with Crippen LogP contribution in [0.25, 0.3) is 0 Å². The number of hydrogen-bond donors (Lipinski definition) is 1. The van der Waals surface area contributed by atoms with Crippen molar-refractivity contribution in [2.24, 2.45) is 5.10 Å². The Morgan fingerprint density at radius 2 is 2.06 bits per heavy atom. The van der Waals surface area contributed by atoms with Crippen LogP contribution in [0.15, 0.2) is 70.5 Å².